The van der Waals surface area contributed by atoms with E-state index < -0.39 is 0 Å². The van der Waals surface area contributed by atoms with Crippen molar-refractivity contribution in [3.63, 3.8) is 0 Å². The van der Waals surface area contributed by atoms with Crippen LogP contribution in [0, 0.1) is 0 Å². The molecule has 0 aliphatic rings. The molecule has 0 aromatic heterocycles. The molecule has 1 unspecified atom stereocenters. The van der Waals surface area contributed by atoms with Gasteiger partial charge in [0.25, 0.3) is 0 Å². The molecule has 2 nitrogen and oxygen atoms in total. The summed E-state index contributed by atoms with van der Waals surface area (Å²) in [5.41, 5.74) is 0. The average molecular weight is 162 g/mol. The van der Waals surface area contributed by atoms with E-state index in [2.05, 4.69) is 14.0 Å². The predicted octanol–water partition coefficient (Wildman–Crippen LogP) is 1.59. The van der Waals surface area contributed by atoms with Gasteiger partial charge < -0.3 is 4.74 Å². The Morgan fingerprint density at radius 2 is 1.90 bits per heavy atom. The highest BCUT2D eigenvalue weighted by Gasteiger charge is 2.29. The topological polar surface area (TPSA) is 26.3 Å². The van der Waals surface area contributed by atoms with Crippen LogP contribution < -0.4 is 0 Å². The minimum atomic E-state index is -0.352. The van der Waals surface area contributed by atoms with Crippen molar-refractivity contribution in [2.24, 2.45) is 0 Å². The van der Waals surface area contributed by atoms with Gasteiger partial charge in [-0.1, -0.05) is 13.8 Å². The highest BCUT2D eigenvalue weighted by Crippen LogP contribution is 2.27. The van der Waals surface area contributed by atoms with Gasteiger partial charge in [0.15, 0.2) is 0 Å². The molecule has 0 spiro atoms. The molecule has 0 aliphatic heterocycles. The number of hydrogen-bond acceptors (Lipinski definition) is 2. The first kappa shape index (κ1) is 9.90. The van der Waals surface area contributed by atoms with Crippen LogP contribution in [-0.4, -0.2) is 18.2 Å². The van der Waals surface area contributed by atoms with Gasteiger partial charge >= 0.3 is 5.97 Å². The molecule has 0 saturated carbocycles. The van der Waals surface area contributed by atoms with Crippen molar-refractivity contribution in [3.8, 4) is 0 Å². The summed E-state index contributed by atoms with van der Waals surface area (Å²) in [7, 11) is 3.98. The van der Waals surface area contributed by atoms with E-state index in [-0.39, 0.29) is 11.1 Å². The van der Waals surface area contributed by atoms with Gasteiger partial charge in [0, 0.05) is 0 Å². The quantitative estimate of drug-likeness (QED) is 0.465. The fourth-order valence-electron chi connectivity index (χ4n) is 0.742. The van der Waals surface area contributed by atoms with E-state index in [0.29, 0.717) is 0 Å². The number of hydrogen-bond donors (Lipinski definition) is 0. The maximum absolute atomic E-state index is 11.1. The summed E-state index contributed by atoms with van der Waals surface area (Å²) in [5, 5.41) is -0.352. The van der Waals surface area contributed by atoms with Crippen molar-refractivity contribution < 1.29 is 9.53 Å². The molecule has 0 aromatic rings. The van der Waals surface area contributed by atoms with Crippen LogP contribution in [0.4, 0.5) is 0 Å². The summed E-state index contributed by atoms with van der Waals surface area (Å²) < 4.78 is 4.64. The minimum Gasteiger partial charge on any atom is -0.468 e. The normalized spacial score (nSPS) is 11.2. The van der Waals surface area contributed by atoms with Crippen LogP contribution >= 0.6 is 9.24 Å². The smallest absolute Gasteiger partial charge is 0.315 e. The molecule has 60 valence electrons. The van der Waals surface area contributed by atoms with Crippen molar-refractivity contribution >= 4 is 15.2 Å². The zero-order valence-electron chi connectivity index (χ0n) is 6.81. The lowest BCUT2D eigenvalue weighted by Gasteiger charge is -2.22. The number of methoxy groups -OCH3 is 1. The molecule has 0 heterocycles. The van der Waals surface area contributed by atoms with Crippen LogP contribution in [0.1, 0.15) is 26.7 Å². The van der Waals surface area contributed by atoms with E-state index in [4.69, 9.17) is 0 Å². The van der Waals surface area contributed by atoms with Gasteiger partial charge in [0.05, 0.1) is 12.3 Å². The molecule has 0 N–H and O–H groups in total. The summed E-state index contributed by atoms with van der Waals surface area (Å²) in [6, 6.07) is 0. The largest absolute Gasteiger partial charge is 0.468 e. The molecule has 0 radical (unpaired) electrons. The number of ether oxygens (including phenoxy) is 1. The molecule has 0 bridgehead atoms. The third-order valence-corrected chi connectivity index (χ3v) is 2.91. The van der Waals surface area contributed by atoms with Crippen LogP contribution in [0.5, 0.6) is 0 Å². The van der Waals surface area contributed by atoms with Gasteiger partial charge in [-0.15, -0.1) is 9.24 Å². The minimum absolute atomic E-state index is 0.137. The van der Waals surface area contributed by atoms with Gasteiger partial charge in [-0.3, -0.25) is 4.79 Å². The summed E-state index contributed by atoms with van der Waals surface area (Å²) in [6.07, 6.45) is 1.61. The molecular weight excluding hydrogens is 147 g/mol. The van der Waals surface area contributed by atoms with E-state index in [1.54, 1.807) is 0 Å². The zero-order chi connectivity index (χ0) is 8.20. The van der Waals surface area contributed by atoms with E-state index in [1.807, 2.05) is 13.8 Å². The lowest BCUT2D eigenvalue weighted by molar-refractivity contribution is -0.143. The Morgan fingerprint density at radius 3 is 2.00 bits per heavy atom. The second kappa shape index (κ2) is 3.92. The van der Waals surface area contributed by atoms with Crippen molar-refractivity contribution in [2.75, 3.05) is 7.11 Å². The Kier molecular flexibility index (Phi) is 3.88. The fourth-order valence-corrected chi connectivity index (χ4v) is 0.860. The maximum Gasteiger partial charge on any atom is 0.315 e. The Labute approximate surface area is 64.5 Å². The molecule has 0 rings (SSSR count). The zero-order valence-corrected chi connectivity index (χ0v) is 7.96. The molecule has 0 aromatic carbocycles. The Bertz CT molecular complexity index is 119. The van der Waals surface area contributed by atoms with E-state index in [1.165, 1.54) is 7.11 Å². The molecular formula is C7H15O2P. The maximum atomic E-state index is 11.1. The lowest BCUT2D eigenvalue weighted by Crippen LogP contribution is -2.31. The van der Waals surface area contributed by atoms with Crippen LogP contribution in [0.2, 0.25) is 0 Å². The van der Waals surface area contributed by atoms with Gasteiger partial charge in [-0.25, -0.2) is 0 Å². The highest BCUT2D eigenvalue weighted by atomic mass is 31.0. The molecule has 3 heteroatoms. The number of carbonyl (C=O) groups excluding carboxylic acids is 1. The Morgan fingerprint density at radius 1 is 1.50 bits per heavy atom. The van der Waals surface area contributed by atoms with Crippen LogP contribution in [0.15, 0.2) is 0 Å². The van der Waals surface area contributed by atoms with Gasteiger partial charge in [-0.2, -0.15) is 0 Å². The molecule has 0 saturated heterocycles. The van der Waals surface area contributed by atoms with E-state index in [9.17, 15) is 4.79 Å². The second-order valence-electron chi connectivity index (χ2n) is 2.35. The molecule has 0 fully saturated rings. The summed E-state index contributed by atoms with van der Waals surface area (Å²) in [5.74, 6) is -0.137. The summed E-state index contributed by atoms with van der Waals surface area (Å²) in [4.78, 5) is 11.1. The van der Waals surface area contributed by atoms with Crippen LogP contribution in [0.25, 0.3) is 0 Å². The summed E-state index contributed by atoms with van der Waals surface area (Å²) >= 11 is 0. The van der Waals surface area contributed by atoms with Crippen molar-refractivity contribution in [1.82, 2.24) is 0 Å². The summed E-state index contributed by atoms with van der Waals surface area (Å²) in [6.45, 7) is 3.96. The Hall–Kier alpha value is -0.100. The molecule has 0 aliphatic carbocycles. The molecule has 1 atom stereocenters. The van der Waals surface area contributed by atoms with Crippen molar-refractivity contribution in [1.29, 1.82) is 0 Å². The van der Waals surface area contributed by atoms with Gasteiger partial charge in [0.2, 0.25) is 0 Å². The predicted molar refractivity (Wildman–Crippen MR) is 45.0 cm³/mol. The monoisotopic (exact) mass is 162 g/mol. The van der Waals surface area contributed by atoms with Crippen LogP contribution in [-0.2, 0) is 9.53 Å². The number of carbonyl (C=O) groups is 1. The van der Waals surface area contributed by atoms with Gasteiger partial charge in [0.1, 0.15) is 0 Å². The van der Waals surface area contributed by atoms with Crippen molar-refractivity contribution in [3.05, 3.63) is 0 Å². The number of esters is 1. The third kappa shape index (κ3) is 1.95. The second-order valence-corrected chi connectivity index (χ2v) is 3.46. The molecule has 0 amide bonds. The highest BCUT2D eigenvalue weighted by molar-refractivity contribution is 7.21. The first-order valence-corrected chi connectivity index (χ1v) is 4.05. The third-order valence-electron chi connectivity index (χ3n) is 1.85. The fraction of sp³-hybridized carbons (Fsp3) is 0.857. The van der Waals surface area contributed by atoms with E-state index in [0.717, 1.165) is 12.8 Å². The average Bonchev–Trinajstić information content (AvgIpc) is 2.01. The molecule has 10 heavy (non-hydrogen) atoms. The Balaban J connectivity index is 4.17. The SMILES string of the molecule is CCC(P)(CC)C(=O)OC. The number of rotatable bonds is 3. The van der Waals surface area contributed by atoms with E-state index >= 15 is 0 Å². The van der Waals surface area contributed by atoms with Gasteiger partial charge in [-0.05, 0) is 12.8 Å². The standard InChI is InChI=1S/C7H15O2P/c1-4-7(10,5-2)6(8)9-3/h4-5,10H2,1-3H3. The first-order valence-electron chi connectivity index (χ1n) is 3.48. The first-order chi connectivity index (χ1) is 4.60. The van der Waals surface area contributed by atoms with Crippen molar-refractivity contribution in [2.45, 2.75) is 31.8 Å². The lowest BCUT2D eigenvalue weighted by atomic mass is 10.0. The van der Waals surface area contributed by atoms with Crippen LogP contribution in [0.3, 0.4) is 0 Å².